The zero-order chi connectivity index (χ0) is 11.7. The maximum absolute atomic E-state index is 5.62. The first-order valence-corrected chi connectivity index (χ1v) is 5.83. The largest absolute Gasteiger partial charge is 0.0801 e. The summed E-state index contributed by atoms with van der Waals surface area (Å²) in [5, 5.41) is 5.16. The van der Waals surface area contributed by atoms with Gasteiger partial charge in [-0.15, -0.1) is 0 Å². The second-order valence-electron chi connectivity index (χ2n) is 4.24. The van der Waals surface area contributed by atoms with Gasteiger partial charge in [-0.25, -0.2) is 0 Å². The zero-order valence-electron chi connectivity index (χ0n) is 9.56. The van der Waals surface area contributed by atoms with Crippen molar-refractivity contribution in [1.29, 1.82) is 0 Å². The minimum Gasteiger partial charge on any atom is -0.0801 e. The third kappa shape index (κ3) is 1.62. The lowest BCUT2D eigenvalue weighted by molar-refractivity contribution is 1.33. The molecule has 0 spiro atoms. The normalized spacial score (nSPS) is 10.8. The van der Waals surface area contributed by atoms with Crippen LogP contribution in [0.15, 0.2) is 60.7 Å². The van der Waals surface area contributed by atoms with Gasteiger partial charge in [0.2, 0.25) is 0 Å². The third-order valence-electron chi connectivity index (χ3n) is 3.20. The van der Waals surface area contributed by atoms with E-state index in [1.807, 2.05) is 0 Å². The molecule has 3 aromatic rings. The molecule has 0 fully saturated rings. The molecule has 0 atom stereocenters. The molecule has 3 rings (SSSR count). The van der Waals surface area contributed by atoms with Crippen molar-refractivity contribution in [1.82, 2.24) is 0 Å². The van der Waals surface area contributed by atoms with Crippen LogP contribution >= 0.6 is 0 Å². The van der Waals surface area contributed by atoms with E-state index in [1.165, 1.54) is 27.1 Å². The Morgan fingerprint density at radius 1 is 0.824 bits per heavy atom. The quantitative estimate of drug-likeness (QED) is 0.553. The smallest absolute Gasteiger partial charge is 0.00820 e. The van der Waals surface area contributed by atoms with Gasteiger partial charge < -0.3 is 0 Å². The van der Waals surface area contributed by atoms with Crippen LogP contribution in [-0.4, -0.2) is 0 Å². The molecule has 81 valence electrons. The molecule has 0 heterocycles. The molecule has 0 bridgehead atoms. The molecule has 0 nitrogen and oxygen atoms in total. The fourth-order valence-corrected chi connectivity index (χ4v) is 2.45. The van der Waals surface area contributed by atoms with Gasteiger partial charge in [-0.05, 0) is 39.6 Å². The molecule has 0 saturated heterocycles. The van der Waals surface area contributed by atoms with Crippen LogP contribution in [-0.2, 0) is 6.42 Å². The van der Waals surface area contributed by atoms with Gasteiger partial charge in [-0.3, -0.25) is 0 Å². The molecule has 17 heavy (non-hydrogen) atoms. The predicted molar refractivity (Wildman–Crippen MR) is 74.0 cm³/mol. The van der Waals surface area contributed by atoms with Crippen LogP contribution in [0.2, 0.25) is 0 Å². The first-order chi connectivity index (χ1) is 8.40. The van der Waals surface area contributed by atoms with Crippen molar-refractivity contribution in [3.63, 3.8) is 0 Å². The molecule has 0 aliphatic carbocycles. The van der Waals surface area contributed by atoms with E-state index < -0.39 is 0 Å². The number of rotatable bonds is 2. The highest BCUT2D eigenvalue weighted by Gasteiger charge is 2.05. The molecule has 0 heteroatoms. The van der Waals surface area contributed by atoms with E-state index in [1.54, 1.807) is 6.08 Å². The molecular weight excluding hydrogens is 204 g/mol. The number of hydrogen-bond donors (Lipinski definition) is 0. The molecule has 0 saturated carbocycles. The summed E-state index contributed by atoms with van der Waals surface area (Å²) in [5.41, 5.74) is 1.32. The van der Waals surface area contributed by atoms with E-state index in [-0.39, 0.29) is 0 Å². The molecule has 3 aromatic carbocycles. The van der Waals surface area contributed by atoms with Crippen molar-refractivity contribution in [2.75, 3.05) is 0 Å². The predicted octanol–water partition coefficient (Wildman–Crippen LogP) is 4.52. The molecule has 0 aliphatic heterocycles. The van der Waals surface area contributed by atoms with Crippen molar-refractivity contribution >= 4 is 21.5 Å². The summed E-state index contributed by atoms with van der Waals surface area (Å²) in [5.74, 6) is 0. The number of fused-ring (bicyclic) bond motifs is 2. The summed E-state index contributed by atoms with van der Waals surface area (Å²) in [6.45, 7) is 5.62. The van der Waals surface area contributed by atoms with Gasteiger partial charge in [0.25, 0.3) is 0 Å². The van der Waals surface area contributed by atoms with Crippen LogP contribution in [0.5, 0.6) is 0 Å². The first kappa shape index (κ1) is 10.1. The van der Waals surface area contributed by atoms with Gasteiger partial charge in [0, 0.05) is 0 Å². The standard InChI is InChI=1S/C17H13/c1-2-7-17-15-10-5-3-8-13(15)12-14-9-4-6-11-16(14)17/h1-6,8-12H,7H2. The summed E-state index contributed by atoms with van der Waals surface area (Å²) >= 11 is 0. The van der Waals surface area contributed by atoms with Crippen molar-refractivity contribution in [2.45, 2.75) is 6.42 Å². The Balaban J connectivity index is 2.51. The van der Waals surface area contributed by atoms with E-state index in [9.17, 15) is 0 Å². The van der Waals surface area contributed by atoms with Crippen molar-refractivity contribution in [2.24, 2.45) is 0 Å². The Bertz CT molecular complexity index is 639. The summed E-state index contributed by atoms with van der Waals surface area (Å²) in [6, 6.07) is 19.2. The lowest BCUT2D eigenvalue weighted by Gasteiger charge is -2.09. The van der Waals surface area contributed by atoms with E-state index >= 15 is 0 Å². The Morgan fingerprint density at radius 3 is 1.88 bits per heavy atom. The Morgan fingerprint density at radius 2 is 1.35 bits per heavy atom. The van der Waals surface area contributed by atoms with Crippen LogP contribution in [0.25, 0.3) is 21.5 Å². The van der Waals surface area contributed by atoms with E-state index in [4.69, 9.17) is 6.58 Å². The highest BCUT2D eigenvalue weighted by Crippen LogP contribution is 2.28. The first-order valence-electron chi connectivity index (χ1n) is 5.83. The Hall–Kier alpha value is -2.08. The average Bonchev–Trinajstić information content (AvgIpc) is 2.39. The Kier molecular flexibility index (Phi) is 2.41. The van der Waals surface area contributed by atoms with E-state index in [2.05, 4.69) is 54.6 Å². The monoisotopic (exact) mass is 217 g/mol. The van der Waals surface area contributed by atoms with Gasteiger partial charge in [0.05, 0.1) is 0 Å². The van der Waals surface area contributed by atoms with Gasteiger partial charge in [-0.2, -0.15) is 0 Å². The fraction of sp³-hybridized carbons (Fsp3) is 0.0588. The molecule has 0 unspecified atom stereocenters. The molecule has 1 radical (unpaired) electrons. The SMILES string of the molecule is [CH]=CCc1c2ccccc2cc2ccccc12. The van der Waals surface area contributed by atoms with Crippen molar-refractivity contribution in [3.8, 4) is 0 Å². The van der Waals surface area contributed by atoms with Gasteiger partial charge in [0.15, 0.2) is 0 Å². The summed E-state index contributed by atoms with van der Waals surface area (Å²) in [7, 11) is 0. The number of benzene rings is 3. The van der Waals surface area contributed by atoms with Gasteiger partial charge in [0.1, 0.15) is 0 Å². The minimum absolute atomic E-state index is 0.807. The molecule has 0 aromatic heterocycles. The topological polar surface area (TPSA) is 0 Å². The summed E-state index contributed by atoms with van der Waals surface area (Å²) in [6.07, 6.45) is 2.54. The van der Waals surface area contributed by atoms with Crippen LogP contribution in [0.3, 0.4) is 0 Å². The zero-order valence-corrected chi connectivity index (χ0v) is 9.56. The van der Waals surface area contributed by atoms with Crippen molar-refractivity contribution < 1.29 is 0 Å². The van der Waals surface area contributed by atoms with Gasteiger partial charge in [-0.1, -0.05) is 61.2 Å². The second kappa shape index (κ2) is 4.06. The van der Waals surface area contributed by atoms with Crippen LogP contribution in [0.1, 0.15) is 5.56 Å². The minimum atomic E-state index is 0.807. The van der Waals surface area contributed by atoms with Crippen LogP contribution in [0, 0.1) is 6.58 Å². The van der Waals surface area contributed by atoms with Crippen LogP contribution in [0.4, 0.5) is 0 Å². The molecule has 0 amide bonds. The number of hydrogen-bond acceptors (Lipinski definition) is 0. The second-order valence-corrected chi connectivity index (χ2v) is 4.24. The highest BCUT2D eigenvalue weighted by molar-refractivity contribution is 6.02. The van der Waals surface area contributed by atoms with Gasteiger partial charge >= 0.3 is 0 Å². The average molecular weight is 217 g/mol. The van der Waals surface area contributed by atoms with E-state index in [0.29, 0.717) is 0 Å². The fourth-order valence-electron chi connectivity index (χ4n) is 2.45. The Labute approximate surface area is 101 Å². The summed E-state index contributed by atoms with van der Waals surface area (Å²) in [4.78, 5) is 0. The van der Waals surface area contributed by atoms with Crippen LogP contribution < -0.4 is 0 Å². The third-order valence-corrected chi connectivity index (χ3v) is 3.20. The molecular formula is C17H13. The van der Waals surface area contributed by atoms with E-state index in [0.717, 1.165) is 6.42 Å². The maximum atomic E-state index is 5.62. The maximum Gasteiger partial charge on any atom is -0.00820 e. The lowest BCUT2D eigenvalue weighted by atomic mass is 9.95. The molecule has 0 aliphatic rings. The van der Waals surface area contributed by atoms with Crippen molar-refractivity contribution in [3.05, 3.63) is 72.8 Å². The summed E-state index contributed by atoms with van der Waals surface area (Å²) < 4.78 is 0. The number of allylic oxidation sites excluding steroid dienone is 1. The highest BCUT2D eigenvalue weighted by atomic mass is 14.1. The lowest BCUT2D eigenvalue weighted by Crippen LogP contribution is -1.87. The molecule has 0 N–H and O–H groups in total.